The van der Waals surface area contributed by atoms with Gasteiger partial charge in [-0.1, -0.05) is 6.07 Å². The van der Waals surface area contributed by atoms with Gasteiger partial charge in [0.2, 0.25) is 10.0 Å². The topological polar surface area (TPSA) is 106 Å². The molecule has 1 aromatic heterocycles. The molecule has 4 rings (SSSR count). The summed E-state index contributed by atoms with van der Waals surface area (Å²) < 4.78 is 37.5. The van der Waals surface area contributed by atoms with Crippen molar-refractivity contribution in [3.05, 3.63) is 70.1 Å². The first-order chi connectivity index (χ1) is 14.3. The molecule has 0 unspecified atom stereocenters. The van der Waals surface area contributed by atoms with Crippen LogP contribution in [0, 0.1) is 6.92 Å². The molecule has 0 bridgehead atoms. The first-order valence-corrected chi connectivity index (χ1v) is 10.8. The van der Waals surface area contributed by atoms with E-state index in [9.17, 15) is 18.0 Å². The van der Waals surface area contributed by atoms with E-state index in [-0.39, 0.29) is 23.5 Å². The predicted octanol–water partition coefficient (Wildman–Crippen LogP) is 2.37. The number of sulfonamides is 1. The molecule has 3 aromatic rings. The Kier molecular flexibility index (Phi) is 5.42. The highest BCUT2D eigenvalue weighted by Crippen LogP contribution is 2.23. The number of rotatable bonds is 4. The highest BCUT2D eigenvalue weighted by Gasteiger charge is 2.27. The van der Waals surface area contributed by atoms with E-state index in [0.717, 1.165) is 0 Å². The van der Waals surface area contributed by atoms with Gasteiger partial charge in [0, 0.05) is 35.8 Å². The van der Waals surface area contributed by atoms with E-state index in [0.29, 0.717) is 35.4 Å². The van der Waals surface area contributed by atoms with Crippen LogP contribution in [-0.4, -0.2) is 44.9 Å². The fourth-order valence-electron chi connectivity index (χ4n) is 3.29. The second-order valence-electron chi connectivity index (χ2n) is 6.95. The summed E-state index contributed by atoms with van der Waals surface area (Å²) in [6.07, 6.45) is 0. The van der Waals surface area contributed by atoms with Crippen LogP contribution in [0.25, 0.3) is 11.0 Å². The number of carbonyl (C=O) groups is 1. The number of ether oxygens (including phenoxy) is 1. The van der Waals surface area contributed by atoms with Crippen molar-refractivity contribution in [1.29, 1.82) is 0 Å². The molecule has 1 aliphatic heterocycles. The predicted molar refractivity (Wildman–Crippen MR) is 111 cm³/mol. The van der Waals surface area contributed by atoms with Gasteiger partial charge in [-0.3, -0.25) is 4.79 Å². The van der Waals surface area contributed by atoms with E-state index in [2.05, 4.69) is 5.32 Å². The van der Waals surface area contributed by atoms with Crippen LogP contribution in [0.3, 0.4) is 0 Å². The zero-order valence-corrected chi connectivity index (χ0v) is 17.1. The van der Waals surface area contributed by atoms with Crippen molar-refractivity contribution < 1.29 is 22.4 Å². The van der Waals surface area contributed by atoms with Crippen molar-refractivity contribution in [1.82, 2.24) is 4.31 Å². The summed E-state index contributed by atoms with van der Waals surface area (Å²) in [6.45, 7) is 3.01. The fraction of sp³-hybridized carbons (Fsp3) is 0.238. The number of carbonyl (C=O) groups excluding carboxylic acids is 1. The van der Waals surface area contributed by atoms with Gasteiger partial charge >= 0.3 is 5.63 Å². The Morgan fingerprint density at radius 1 is 1.03 bits per heavy atom. The summed E-state index contributed by atoms with van der Waals surface area (Å²) in [5.41, 5.74) is 1.38. The molecule has 0 radical (unpaired) electrons. The molecule has 0 atom stereocenters. The summed E-state index contributed by atoms with van der Waals surface area (Å²) >= 11 is 0. The van der Waals surface area contributed by atoms with Crippen LogP contribution < -0.4 is 10.9 Å². The number of nitrogens with one attached hydrogen (secondary N) is 1. The second kappa shape index (κ2) is 8.02. The smallest absolute Gasteiger partial charge is 0.336 e. The molecule has 0 spiro atoms. The van der Waals surface area contributed by atoms with Gasteiger partial charge < -0.3 is 14.5 Å². The van der Waals surface area contributed by atoms with E-state index in [1.165, 1.54) is 22.5 Å². The van der Waals surface area contributed by atoms with Gasteiger partial charge in [-0.05, 0) is 48.9 Å². The van der Waals surface area contributed by atoms with Crippen molar-refractivity contribution in [3.8, 4) is 0 Å². The minimum Gasteiger partial charge on any atom is -0.423 e. The number of aryl methyl sites for hydroxylation is 1. The Balaban J connectivity index is 1.62. The maximum atomic E-state index is 12.9. The first-order valence-electron chi connectivity index (χ1n) is 9.38. The van der Waals surface area contributed by atoms with Crippen molar-refractivity contribution >= 4 is 32.6 Å². The van der Waals surface area contributed by atoms with Crippen LogP contribution >= 0.6 is 0 Å². The standard InChI is InChI=1S/C21H20N2O6S/c1-14-2-5-17(30(26,27)23-8-10-28-11-9-23)13-18(14)21(25)22-16-4-6-19-15(12-16)3-7-20(24)29-19/h2-7,12-13H,8-11H2,1H3,(H,22,25). The second-order valence-corrected chi connectivity index (χ2v) is 8.89. The van der Waals surface area contributed by atoms with E-state index in [4.69, 9.17) is 9.15 Å². The molecular weight excluding hydrogens is 408 g/mol. The average molecular weight is 428 g/mol. The lowest BCUT2D eigenvalue weighted by Crippen LogP contribution is -2.40. The molecule has 30 heavy (non-hydrogen) atoms. The summed E-state index contributed by atoms with van der Waals surface area (Å²) in [5, 5.41) is 3.44. The maximum absolute atomic E-state index is 12.9. The zero-order valence-electron chi connectivity index (χ0n) is 16.3. The highest BCUT2D eigenvalue weighted by molar-refractivity contribution is 7.89. The Labute approximate surface area is 173 Å². The van der Waals surface area contributed by atoms with E-state index in [1.54, 1.807) is 37.3 Å². The quantitative estimate of drug-likeness (QED) is 0.640. The molecular formula is C21H20N2O6S. The lowest BCUT2D eigenvalue weighted by Gasteiger charge is -2.26. The number of morpholine rings is 1. The van der Waals surface area contributed by atoms with Gasteiger partial charge in [0.1, 0.15) is 5.58 Å². The maximum Gasteiger partial charge on any atom is 0.336 e. The third-order valence-corrected chi connectivity index (χ3v) is 6.83. The largest absolute Gasteiger partial charge is 0.423 e. The van der Waals surface area contributed by atoms with Crippen molar-refractivity contribution in [2.24, 2.45) is 0 Å². The molecule has 156 valence electrons. The fourth-order valence-corrected chi connectivity index (χ4v) is 4.72. The minimum absolute atomic E-state index is 0.0698. The summed E-state index contributed by atoms with van der Waals surface area (Å²) in [4.78, 5) is 24.2. The van der Waals surface area contributed by atoms with Crippen molar-refractivity contribution in [2.45, 2.75) is 11.8 Å². The zero-order chi connectivity index (χ0) is 21.3. The normalized spacial score (nSPS) is 15.2. The lowest BCUT2D eigenvalue weighted by molar-refractivity contribution is 0.0730. The van der Waals surface area contributed by atoms with Gasteiger partial charge in [-0.15, -0.1) is 0 Å². The SMILES string of the molecule is Cc1ccc(S(=O)(=O)N2CCOCC2)cc1C(=O)Nc1ccc2oc(=O)ccc2c1. The molecule has 1 saturated heterocycles. The number of hydrogen-bond donors (Lipinski definition) is 1. The van der Waals surface area contributed by atoms with Crippen molar-refractivity contribution in [2.75, 3.05) is 31.6 Å². The monoisotopic (exact) mass is 428 g/mol. The third kappa shape index (κ3) is 4.00. The molecule has 0 aliphatic carbocycles. The molecule has 1 amide bonds. The molecule has 1 aliphatic rings. The van der Waals surface area contributed by atoms with E-state index >= 15 is 0 Å². The third-order valence-electron chi connectivity index (χ3n) is 4.94. The molecule has 9 heteroatoms. The Morgan fingerprint density at radius 2 is 1.80 bits per heavy atom. The van der Waals surface area contributed by atoms with Crippen LogP contribution in [0.15, 0.2) is 62.6 Å². The Hall–Kier alpha value is -3.01. The number of benzene rings is 2. The lowest BCUT2D eigenvalue weighted by atomic mass is 10.1. The van der Waals surface area contributed by atoms with Crippen LogP contribution in [0.5, 0.6) is 0 Å². The number of anilines is 1. The summed E-state index contributed by atoms with van der Waals surface area (Å²) in [7, 11) is -3.71. The molecule has 0 saturated carbocycles. The number of fused-ring (bicyclic) bond motifs is 1. The molecule has 8 nitrogen and oxygen atoms in total. The van der Waals surface area contributed by atoms with E-state index < -0.39 is 21.6 Å². The molecule has 2 heterocycles. The van der Waals surface area contributed by atoms with Crippen LogP contribution in [-0.2, 0) is 14.8 Å². The van der Waals surface area contributed by atoms with Gasteiger partial charge in [0.25, 0.3) is 5.91 Å². The Morgan fingerprint density at radius 3 is 2.57 bits per heavy atom. The van der Waals surface area contributed by atoms with Crippen LogP contribution in [0.1, 0.15) is 15.9 Å². The highest BCUT2D eigenvalue weighted by atomic mass is 32.2. The van der Waals surface area contributed by atoms with Crippen molar-refractivity contribution in [3.63, 3.8) is 0 Å². The van der Waals surface area contributed by atoms with E-state index in [1.807, 2.05) is 0 Å². The van der Waals surface area contributed by atoms with Gasteiger partial charge in [0.15, 0.2) is 0 Å². The number of nitrogens with zero attached hydrogens (tertiary/aromatic N) is 1. The summed E-state index contributed by atoms with van der Waals surface area (Å²) in [6, 6.07) is 12.3. The molecule has 1 N–H and O–H groups in total. The van der Waals surface area contributed by atoms with Gasteiger partial charge in [0.05, 0.1) is 18.1 Å². The summed E-state index contributed by atoms with van der Waals surface area (Å²) in [5.74, 6) is -0.428. The van der Waals surface area contributed by atoms with Gasteiger partial charge in [-0.2, -0.15) is 4.31 Å². The number of hydrogen-bond acceptors (Lipinski definition) is 6. The van der Waals surface area contributed by atoms with Crippen LogP contribution in [0.4, 0.5) is 5.69 Å². The van der Waals surface area contributed by atoms with Crippen LogP contribution in [0.2, 0.25) is 0 Å². The average Bonchev–Trinajstić information content (AvgIpc) is 2.74. The first kappa shape index (κ1) is 20.3. The Bertz CT molecular complexity index is 1280. The van der Waals surface area contributed by atoms with Gasteiger partial charge in [-0.25, -0.2) is 13.2 Å². The number of amides is 1. The molecule has 2 aromatic carbocycles. The minimum atomic E-state index is -3.71. The molecule has 1 fully saturated rings.